The number of carbonyl (C=O) groups excluding carboxylic acids is 3. The van der Waals surface area contributed by atoms with Crippen molar-refractivity contribution in [3.05, 3.63) is 35.4 Å². The van der Waals surface area contributed by atoms with E-state index in [1.165, 1.54) is 0 Å². The van der Waals surface area contributed by atoms with Gasteiger partial charge in [0.25, 0.3) is 5.91 Å². The highest BCUT2D eigenvalue weighted by atomic mass is 16.2. The monoisotopic (exact) mass is 305 g/mol. The van der Waals surface area contributed by atoms with Gasteiger partial charge in [0.2, 0.25) is 11.8 Å². The minimum Gasteiger partial charge on any atom is -0.355 e. The molecule has 0 saturated heterocycles. The maximum atomic E-state index is 11.9. The van der Waals surface area contributed by atoms with Gasteiger partial charge in [0.05, 0.1) is 6.54 Å². The molecule has 0 spiro atoms. The van der Waals surface area contributed by atoms with Gasteiger partial charge in [-0.2, -0.15) is 0 Å². The zero-order valence-electron chi connectivity index (χ0n) is 13.1. The third-order valence-electron chi connectivity index (χ3n) is 2.94. The SMILES string of the molecule is CCCNC(=O)CNC(=O)CCNC(=O)c1cccc(C)c1. The van der Waals surface area contributed by atoms with Crippen molar-refractivity contribution in [1.29, 1.82) is 0 Å². The zero-order valence-corrected chi connectivity index (χ0v) is 13.1. The molecule has 6 nitrogen and oxygen atoms in total. The third-order valence-corrected chi connectivity index (χ3v) is 2.94. The Balaban J connectivity index is 2.22. The van der Waals surface area contributed by atoms with Gasteiger partial charge in [0.1, 0.15) is 0 Å². The first-order chi connectivity index (χ1) is 10.5. The number of nitrogens with one attached hydrogen (secondary N) is 3. The molecule has 0 fully saturated rings. The maximum Gasteiger partial charge on any atom is 0.251 e. The summed E-state index contributed by atoms with van der Waals surface area (Å²) >= 11 is 0. The highest BCUT2D eigenvalue weighted by Crippen LogP contribution is 2.03. The van der Waals surface area contributed by atoms with Gasteiger partial charge in [-0.15, -0.1) is 0 Å². The highest BCUT2D eigenvalue weighted by Gasteiger charge is 2.07. The predicted molar refractivity (Wildman–Crippen MR) is 84.4 cm³/mol. The van der Waals surface area contributed by atoms with Crippen molar-refractivity contribution in [3.63, 3.8) is 0 Å². The number of hydrogen-bond acceptors (Lipinski definition) is 3. The molecule has 0 aliphatic rings. The van der Waals surface area contributed by atoms with E-state index in [0.29, 0.717) is 12.1 Å². The van der Waals surface area contributed by atoms with Gasteiger partial charge in [-0.3, -0.25) is 14.4 Å². The van der Waals surface area contributed by atoms with Crippen molar-refractivity contribution in [3.8, 4) is 0 Å². The van der Waals surface area contributed by atoms with Crippen LogP contribution in [0.4, 0.5) is 0 Å². The molecular weight excluding hydrogens is 282 g/mol. The normalized spacial score (nSPS) is 9.91. The van der Waals surface area contributed by atoms with Crippen molar-refractivity contribution < 1.29 is 14.4 Å². The van der Waals surface area contributed by atoms with Crippen LogP contribution in [0.5, 0.6) is 0 Å². The maximum absolute atomic E-state index is 11.9. The minimum absolute atomic E-state index is 0.0370. The fourth-order valence-electron chi connectivity index (χ4n) is 1.77. The summed E-state index contributed by atoms with van der Waals surface area (Å²) in [6, 6.07) is 7.23. The van der Waals surface area contributed by atoms with Crippen molar-refractivity contribution >= 4 is 17.7 Å². The minimum atomic E-state index is -0.267. The van der Waals surface area contributed by atoms with E-state index in [4.69, 9.17) is 0 Å². The lowest BCUT2D eigenvalue weighted by Crippen LogP contribution is -2.38. The average molecular weight is 305 g/mol. The molecule has 6 heteroatoms. The number of benzene rings is 1. The summed E-state index contributed by atoms with van der Waals surface area (Å²) in [6.07, 6.45) is 0.989. The van der Waals surface area contributed by atoms with Crippen LogP contribution >= 0.6 is 0 Å². The number of amides is 3. The lowest BCUT2D eigenvalue weighted by Gasteiger charge is -2.07. The van der Waals surface area contributed by atoms with Crippen LogP contribution in [0.1, 0.15) is 35.7 Å². The molecule has 0 heterocycles. The fourth-order valence-corrected chi connectivity index (χ4v) is 1.77. The number of hydrogen-bond donors (Lipinski definition) is 3. The van der Waals surface area contributed by atoms with E-state index in [-0.39, 0.29) is 37.2 Å². The molecule has 1 aromatic carbocycles. The van der Waals surface area contributed by atoms with Gasteiger partial charge in [-0.05, 0) is 25.5 Å². The van der Waals surface area contributed by atoms with Gasteiger partial charge in [-0.25, -0.2) is 0 Å². The Kier molecular flexibility index (Phi) is 7.67. The third kappa shape index (κ3) is 6.88. The van der Waals surface area contributed by atoms with Crippen molar-refractivity contribution in [1.82, 2.24) is 16.0 Å². The van der Waals surface area contributed by atoms with E-state index in [1.54, 1.807) is 12.1 Å². The van der Waals surface area contributed by atoms with Crippen LogP contribution in [0.25, 0.3) is 0 Å². The predicted octanol–water partition coefficient (Wildman–Crippen LogP) is 0.757. The van der Waals surface area contributed by atoms with Gasteiger partial charge in [0.15, 0.2) is 0 Å². The van der Waals surface area contributed by atoms with E-state index >= 15 is 0 Å². The van der Waals surface area contributed by atoms with Gasteiger partial charge in [-0.1, -0.05) is 24.6 Å². The van der Waals surface area contributed by atoms with Crippen molar-refractivity contribution in [2.24, 2.45) is 0 Å². The topological polar surface area (TPSA) is 87.3 Å². The van der Waals surface area contributed by atoms with Crippen LogP contribution in [0, 0.1) is 6.92 Å². The van der Waals surface area contributed by atoms with E-state index < -0.39 is 0 Å². The summed E-state index contributed by atoms with van der Waals surface area (Å²) in [5.74, 6) is -0.688. The smallest absolute Gasteiger partial charge is 0.251 e. The Morgan fingerprint density at radius 1 is 1.00 bits per heavy atom. The molecule has 1 aromatic rings. The highest BCUT2D eigenvalue weighted by molar-refractivity contribution is 5.94. The van der Waals surface area contributed by atoms with Crippen LogP contribution in [0.3, 0.4) is 0 Å². The Bertz CT molecular complexity index is 529. The largest absolute Gasteiger partial charge is 0.355 e. The average Bonchev–Trinajstić information content (AvgIpc) is 2.50. The van der Waals surface area contributed by atoms with E-state index in [2.05, 4.69) is 16.0 Å². The van der Waals surface area contributed by atoms with Crippen LogP contribution in [0.2, 0.25) is 0 Å². The quantitative estimate of drug-likeness (QED) is 0.662. The Morgan fingerprint density at radius 2 is 1.77 bits per heavy atom. The summed E-state index contributed by atoms with van der Waals surface area (Å²) in [5, 5.41) is 7.86. The fraction of sp³-hybridized carbons (Fsp3) is 0.438. The molecule has 1 rings (SSSR count). The molecule has 0 bridgehead atoms. The summed E-state index contributed by atoms with van der Waals surface area (Å²) in [5.41, 5.74) is 1.57. The molecule has 3 amide bonds. The van der Waals surface area contributed by atoms with Crippen LogP contribution in [-0.4, -0.2) is 37.4 Å². The molecule has 0 unspecified atom stereocenters. The van der Waals surface area contributed by atoms with E-state index in [0.717, 1.165) is 12.0 Å². The first-order valence-corrected chi connectivity index (χ1v) is 7.41. The molecule has 0 aliphatic carbocycles. The standard InChI is InChI=1S/C16H23N3O3/c1-3-8-17-15(21)11-19-14(20)7-9-18-16(22)13-6-4-5-12(2)10-13/h4-6,10H,3,7-9,11H2,1-2H3,(H,17,21)(H,18,22)(H,19,20). The number of rotatable bonds is 8. The molecule has 120 valence electrons. The first kappa shape index (κ1) is 17.7. The van der Waals surface area contributed by atoms with Crippen LogP contribution < -0.4 is 16.0 Å². The molecule has 0 saturated carbocycles. The second kappa shape index (κ2) is 9.55. The summed E-state index contributed by atoms with van der Waals surface area (Å²) in [4.78, 5) is 34.7. The zero-order chi connectivity index (χ0) is 16.4. The lowest BCUT2D eigenvalue weighted by molar-refractivity contribution is -0.126. The molecular formula is C16H23N3O3. The Morgan fingerprint density at radius 3 is 2.45 bits per heavy atom. The number of aryl methyl sites for hydroxylation is 1. The second-order valence-corrected chi connectivity index (χ2v) is 5.00. The van der Waals surface area contributed by atoms with Gasteiger partial charge < -0.3 is 16.0 Å². The molecule has 0 aliphatic heterocycles. The summed E-state index contributed by atoms with van der Waals surface area (Å²) < 4.78 is 0. The lowest BCUT2D eigenvalue weighted by atomic mass is 10.1. The molecule has 0 atom stereocenters. The number of carbonyl (C=O) groups is 3. The molecule has 0 radical (unpaired) electrons. The van der Waals surface area contributed by atoms with Crippen molar-refractivity contribution in [2.45, 2.75) is 26.7 Å². The Labute approximate surface area is 130 Å². The van der Waals surface area contributed by atoms with E-state index in [1.807, 2.05) is 26.0 Å². The summed E-state index contributed by atoms with van der Waals surface area (Å²) in [7, 11) is 0. The van der Waals surface area contributed by atoms with Crippen molar-refractivity contribution in [2.75, 3.05) is 19.6 Å². The van der Waals surface area contributed by atoms with Gasteiger partial charge >= 0.3 is 0 Å². The van der Waals surface area contributed by atoms with Crippen LogP contribution in [0.15, 0.2) is 24.3 Å². The first-order valence-electron chi connectivity index (χ1n) is 7.41. The molecule has 22 heavy (non-hydrogen) atoms. The Hall–Kier alpha value is -2.37. The van der Waals surface area contributed by atoms with Gasteiger partial charge in [0, 0.05) is 25.1 Å². The molecule has 3 N–H and O–H groups in total. The second-order valence-electron chi connectivity index (χ2n) is 5.00. The van der Waals surface area contributed by atoms with Crippen LogP contribution in [-0.2, 0) is 9.59 Å². The molecule has 0 aromatic heterocycles. The van der Waals surface area contributed by atoms with E-state index in [9.17, 15) is 14.4 Å². The summed E-state index contributed by atoms with van der Waals surface area (Å²) in [6.45, 7) is 4.66.